The Hall–Kier alpha value is -0.0400. The lowest BCUT2D eigenvalue weighted by Gasteiger charge is -2.41. The van der Waals surface area contributed by atoms with E-state index in [4.69, 9.17) is 0 Å². The first-order chi connectivity index (χ1) is 5.90. The first-order valence-electron chi connectivity index (χ1n) is 5.64. The van der Waals surface area contributed by atoms with E-state index < -0.39 is 0 Å². The lowest BCUT2D eigenvalue weighted by Crippen LogP contribution is -2.46. The van der Waals surface area contributed by atoms with Gasteiger partial charge >= 0.3 is 0 Å². The van der Waals surface area contributed by atoms with E-state index in [0.717, 1.165) is 12.0 Å². The molecule has 1 fully saturated rings. The van der Waals surface area contributed by atoms with Gasteiger partial charge in [-0.15, -0.1) is 0 Å². The molecule has 0 radical (unpaired) electrons. The summed E-state index contributed by atoms with van der Waals surface area (Å²) < 4.78 is 0. The Morgan fingerprint density at radius 2 is 1.85 bits per heavy atom. The summed E-state index contributed by atoms with van der Waals surface area (Å²) >= 11 is 0. The molecule has 1 nitrogen and oxygen atoms in total. The number of rotatable bonds is 1. The topological polar surface area (TPSA) is 3.24 Å². The fourth-order valence-corrected chi connectivity index (χ4v) is 2.25. The van der Waals surface area contributed by atoms with Crippen LogP contribution in [-0.2, 0) is 0 Å². The van der Waals surface area contributed by atoms with Crippen molar-refractivity contribution in [2.24, 2.45) is 11.3 Å². The van der Waals surface area contributed by atoms with E-state index in [1.54, 1.807) is 0 Å². The molecule has 1 heterocycles. The number of likely N-dealkylation sites (tertiary alicyclic amines) is 1. The van der Waals surface area contributed by atoms with Gasteiger partial charge in [0.25, 0.3) is 0 Å². The molecule has 0 aliphatic carbocycles. The normalized spacial score (nSPS) is 32.1. The third kappa shape index (κ3) is 3.30. The van der Waals surface area contributed by atoms with E-state index in [9.17, 15) is 0 Å². The highest BCUT2D eigenvalue weighted by Gasteiger charge is 2.27. The summed E-state index contributed by atoms with van der Waals surface area (Å²) in [6.45, 7) is 14.3. The lowest BCUT2D eigenvalue weighted by atomic mass is 9.88. The van der Waals surface area contributed by atoms with Gasteiger partial charge < -0.3 is 0 Å². The van der Waals surface area contributed by atoms with Gasteiger partial charge in [-0.25, -0.2) is 0 Å². The minimum Gasteiger partial charge on any atom is -0.300 e. The molecule has 1 aliphatic heterocycles. The third-order valence-electron chi connectivity index (χ3n) is 3.18. The van der Waals surface area contributed by atoms with Gasteiger partial charge in [-0.1, -0.05) is 27.7 Å². The van der Waals surface area contributed by atoms with Crippen molar-refractivity contribution in [3.8, 4) is 0 Å². The van der Waals surface area contributed by atoms with Crippen LogP contribution in [0.2, 0.25) is 0 Å². The van der Waals surface area contributed by atoms with Crippen LogP contribution in [0.3, 0.4) is 0 Å². The largest absolute Gasteiger partial charge is 0.300 e. The van der Waals surface area contributed by atoms with E-state index in [-0.39, 0.29) is 0 Å². The van der Waals surface area contributed by atoms with Crippen molar-refractivity contribution in [1.29, 1.82) is 0 Å². The Balaban J connectivity index is 2.49. The maximum Gasteiger partial charge on any atom is 0.00927 e. The van der Waals surface area contributed by atoms with E-state index in [1.807, 2.05) is 0 Å². The Kier molecular flexibility index (Phi) is 3.39. The van der Waals surface area contributed by atoms with Crippen LogP contribution in [0.15, 0.2) is 0 Å². The highest BCUT2D eigenvalue weighted by Crippen LogP contribution is 2.26. The number of piperidine rings is 1. The first-order valence-corrected chi connectivity index (χ1v) is 5.64. The lowest BCUT2D eigenvalue weighted by molar-refractivity contribution is 0.0780. The molecule has 0 aromatic heterocycles. The van der Waals surface area contributed by atoms with Crippen LogP contribution in [-0.4, -0.2) is 24.0 Å². The summed E-state index contributed by atoms with van der Waals surface area (Å²) in [5.41, 5.74) is 0.450. The van der Waals surface area contributed by atoms with Gasteiger partial charge in [0.05, 0.1) is 0 Å². The zero-order valence-corrected chi connectivity index (χ0v) is 9.93. The fourth-order valence-electron chi connectivity index (χ4n) is 2.25. The van der Waals surface area contributed by atoms with Crippen molar-refractivity contribution in [1.82, 2.24) is 4.90 Å². The SMILES string of the molecule is CC1CCCN(CC(C)(C)C)C1C. The van der Waals surface area contributed by atoms with Gasteiger partial charge in [-0.3, -0.25) is 4.90 Å². The highest BCUT2D eigenvalue weighted by molar-refractivity contribution is 4.81. The maximum atomic E-state index is 2.66. The molecule has 0 bridgehead atoms. The summed E-state index contributed by atoms with van der Waals surface area (Å²) in [6, 6.07) is 0.785. The quantitative estimate of drug-likeness (QED) is 0.603. The Labute approximate surface area is 83.5 Å². The smallest absolute Gasteiger partial charge is 0.00927 e. The molecule has 78 valence electrons. The van der Waals surface area contributed by atoms with E-state index in [1.165, 1.54) is 25.9 Å². The maximum absolute atomic E-state index is 2.66. The minimum atomic E-state index is 0.450. The monoisotopic (exact) mass is 183 g/mol. The van der Waals surface area contributed by atoms with Crippen LogP contribution >= 0.6 is 0 Å². The molecule has 13 heavy (non-hydrogen) atoms. The van der Waals surface area contributed by atoms with Crippen molar-refractivity contribution in [2.45, 2.75) is 53.5 Å². The van der Waals surface area contributed by atoms with Crippen molar-refractivity contribution in [2.75, 3.05) is 13.1 Å². The van der Waals surface area contributed by atoms with Crippen molar-refractivity contribution >= 4 is 0 Å². The van der Waals surface area contributed by atoms with Crippen LogP contribution in [0.4, 0.5) is 0 Å². The second kappa shape index (κ2) is 4.00. The standard InChI is InChI=1S/C12H25N/c1-10-7-6-8-13(11(10)2)9-12(3,4)5/h10-11H,6-9H2,1-5H3. The van der Waals surface area contributed by atoms with Gasteiger partial charge in [-0.2, -0.15) is 0 Å². The van der Waals surface area contributed by atoms with Crippen molar-refractivity contribution in [3.63, 3.8) is 0 Å². The fraction of sp³-hybridized carbons (Fsp3) is 1.00. The van der Waals surface area contributed by atoms with Crippen molar-refractivity contribution < 1.29 is 0 Å². The predicted octanol–water partition coefficient (Wildman–Crippen LogP) is 3.15. The van der Waals surface area contributed by atoms with Gasteiger partial charge in [0, 0.05) is 12.6 Å². The van der Waals surface area contributed by atoms with Crippen LogP contribution in [0.1, 0.15) is 47.5 Å². The molecule has 0 saturated carbocycles. The molecule has 1 aliphatic rings. The average molecular weight is 183 g/mol. The number of nitrogens with zero attached hydrogens (tertiary/aromatic N) is 1. The third-order valence-corrected chi connectivity index (χ3v) is 3.18. The van der Waals surface area contributed by atoms with E-state index in [0.29, 0.717) is 5.41 Å². The number of hydrogen-bond donors (Lipinski definition) is 0. The van der Waals surface area contributed by atoms with Gasteiger partial charge in [0.1, 0.15) is 0 Å². The molecule has 0 aromatic rings. The van der Waals surface area contributed by atoms with Gasteiger partial charge in [0.15, 0.2) is 0 Å². The Morgan fingerprint density at radius 1 is 1.23 bits per heavy atom. The zero-order chi connectivity index (χ0) is 10.1. The molecule has 2 atom stereocenters. The number of hydrogen-bond acceptors (Lipinski definition) is 1. The molecular weight excluding hydrogens is 158 g/mol. The predicted molar refractivity (Wildman–Crippen MR) is 58.9 cm³/mol. The minimum absolute atomic E-state index is 0.450. The summed E-state index contributed by atoms with van der Waals surface area (Å²) in [5, 5.41) is 0. The molecule has 1 heteroatoms. The molecule has 0 N–H and O–H groups in total. The van der Waals surface area contributed by atoms with Crippen LogP contribution in [0.5, 0.6) is 0 Å². The van der Waals surface area contributed by atoms with E-state index in [2.05, 4.69) is 39.5 Å². The van der Waals surface area contributed by atoms with Crippen molar-refractivity contribution in [3.05, 3.63) is 0 Å². The molecule has 1 saturated heterocycles. The van der Waals surface area contributed by atoms with Gasteiger partial charge in [0.2, 0.25) is 0 Å². The second-order valence-electron chi connectivity index (χ2n) is 5.89. The molecular formula is C12H25N. The zero-order valence-electron chi connectivity index (χ0n) is 9.93. The highest BCUT2D eigenvalue weighted by atomic mass is 15.2. The first kappa shape index (κ1) is 11.0. The van der Waals surface area contributed by atoms with Crippen LogP contribution in [0.25, 0.3) is 0 Å². The average Bonchev–Trinajstić information content (AvgIpc) is 1.96. The molecule has 0 amide bonds. The Bertz CT molecular complexity index is 157. The van der Waals surface area contributed by atoms with Gasteiger partial charge in [-0.05, 0) is 37.6 Å². The summed E-state index contributed by atoms with van der Waals surface area (Å²) in [7, 11) is 0. The summed E-state index contributed by atoms with van der Waals surface area (Å²) in [4.78, 5) is 2.66. The molecule has 0 spiro atoms. The second-order valence-corrected chi connectivity index (χ2v) is 5.89. The Morgan fingerprint density at radius 3 is 2.38 bits per heavy atom. The van der Waals surface area contributed by atoms with Crippen LogP contribution in [0, 0.1) is 11.3 Å². The molecule has 2 unspecified atom stereocenters. The molecule has 1 rings (SSSR count). The summed E-state index contributed by atoms with van der Waals surface area (Å²) in [6.07, 6.45) is 2.81. The molecule has 0 aromatic carbocycles. The van der Waals surface area contributed by atoms with E-state index >= 15 is 0 Å². The summed E-state index contributed by atoms with van der Waals surface area (Å²) in [5.74, 6) is 0.885. The van der Waals surface area contributed by atoms with Crippen LogP contribution < -0.4 is 0 Å².